The molecule has 1 aromatic rings. The summed E-state index contributed by atoms with van der Waals surface area (Å²) in [6.45, 7) is 2.11. The highest BCUT2D eigenvalue weighted by Crippen LogP contribution is 2.23. The van der Waals surface area contributed by atoms with Crippen LogP contribution < -0.4 is 0 Å². The number of carbonyl (C=O) groups is 1. The summed E-state index contributed by atoms with van der Waals surface area (Å²) in [5, 5.41) is 0. The molecule has 70 valence electrons. The minimum atomic E-state index is 0.380. The Kier molecular flexibility index (Phi) is 4.16. The topological polar surface area (TPSA) is 17.1 Å². The Morgan fingerprint density at radius 1 is 1.38 bits per heavy atom. The molecule has 1 rings (SSSR count). The number of carbonyl (C=O) groups excluding carboxylic acids is 1. The van der Waals surface area contributed by atoms with E-state index in [1.54, 1.807) is 0 Å². The molecule has 0 unspecified atom stereocenters. The molecule has 0 N–H and O–H groups in total. The van der Waals surface area contributed by atoms with E-state index in [4.69, 9.17) is 0 Å². The van der Waals surface area contributed by atoms with Gasteiger partial charge in [0.25, 0.3) is 0 Å². The molecule has 1 nitrogen and oxygen atoms in total. The van der Waals surface area contributed by atoms with Gasteiger partial charge in [-0.2, -0.15) is 0 Å². The fraction of sp³-hybridized carbons (Fsp3) is 0.364. The molecule has 0 aliphatic rings. The highest BCUT2D eigenvalue weighted by Gasteiger charge is 2.07. The molecule has 0 heterocycles. The normalized spacial score (nSPS) is 12.5. The lowest BCUT2D eigenvalue weighted by atomic mass is 9.94. The number of hydrogen-bond donors (Lipinski definition) is 0. The molecule has 0 amide bonds. The van der Waals surface area contributed by atoms with Crippen LogP contribution in [0.5, 0.6) is 0 Å². The average Bonchev–Trinajstić information content (AvgIpc) is 2.16. The van der Waals surface area contributed by atoms with Gasteiger partial charge in [-0.25, -0.2) is 0 Å². The molecule has 0 aliphatic heterocycles. The van der Waals surface area contributed by atoms with Crippen molar-refractivity contribution >= 4 is 22.2 Å². The van der Waals surface area contributed by atoms with Crippen molar-refractivity contribution in [2.75, 3.05) is 0 Å². The minimum Gasteiger partial charge on any atom is -0.303 e. The molecule has 0 bridgehead atoms. The Bertz CT molecular complexity index is 266. The van der Waals surface area contributed by atoms with Crippen molar-refractivity contribution in [3.63, 3.8) is 0 Å². The Morgan fingerprint density at radius 3 is 2.46 bits per heavy atom. The van der Waals surface area contributed by atoms with Crippen molar-refractivity contribution in [3.05, 3.63) is 34.3 Å². The van der Waals surface area contributed by atoms with Crippen molar-refractivity contribution < 1.29 is 4.79 Å². The first-order chi connectivity index (χ1) is 6.27. The van der Waals surface area contributed by atoms with Gasteiger partial charge in [0.15, 0.2) is 0 Å². The summed E-state index contributed by atoms with van der Waals surface area (Å²) in [5.74, 6) is 0.380. The van der Waals surface area contributed by atoms with Gasteiger partial charge in [0.1, 0.15) is 6.29 Å². The van der Waals surface area contributed by atoms with Gasteiger partial charge in [0.05, 0.1) is 0 Å². The van der Waals surface area contributed by atoms with E-state index in [1.165, 1.54) is 5.56 Å². The van der Waals surface area contributed by atoms with E-state index >= 15 is 0 Å². The maximum atomic E-state index is 10.4. The fourth-order valence-electron chi connectivity index (χ4n) is 1.39. The number of hydrogen-bond acceptors (Lipinski definition) is 1. The van der Waals surface area contributed by atoms with E-state index in [1.807, 2.05) is 12.1 Å². The largest absolute Gasteiger partial charge is 0.303 e. The first-order valence-electron chi connectivity index (χ1n) is 4.47. The van der Waals surface area contributed by atoms with Crippen LogP contribution in [0.25, 0.3) is 0 Å². The summed E-state index contributed by atoms with van der Waals surface area (Å²) in [4.78, 5) is 10.4. The van der Waals surface area contributed by atoms with E-state index in [0.29, 0.717) is 12.3 Å². The van der Waals surface area contributed by atoms with E-state index < -0.39 is 0 Å². The predicted octanol–water partition coefficient (Wildman–Crippen LogP) is 3.53. The first kappa shape index (κ1) is 10.5. The predicted molar refractivity (Wildman–Crippen MR) is 57.9 cm³/mol. The van der Waals surface area contributed by atoms with Gasteiger partial charge in [-0.15, -0.1) is 0 Å². The zero-order chi connectivity index (χ0) is 9.68. The second-order valence-electron chi connectivity index (χ2n) is 3.06. The third kappa shape index (κ3) is 2.96. The molecule has 0 saturated heterocycles. The number of aldehydes is 1. The van der Waals surface area contributed by atoms with Crippen LogP contribution in [0.15, 0.2) is 28.7 Å². The van der Waals surface area contributed by atoms with E-state index in [9.17, 15) is 4.79 Å². The van der Waals surface area contributed by atoms with Gasteiger partial charge in [0, 0.05) is 10.9 Å². The van der Waals surface area contributed by atoms with Crippen LogP contribution >= 0.6 is 15.9 Å². The van der Waals surface area contributed by atoms with Crippen molar-refractivity contribution in [1.29, 1.82) is 0 Å². The van der Waals surface area contributed by atoms with Crippen LogP contribution in [0, 0.1) is 0 Å². The zero-order valence-electron chi connectivity index (χ0n) is 7.66. The van der Waals surface area contributed by atoms with Crippen LogP contribution in [-0.2, 0) is 4.79 Å². The monoisotopic (exact) mass is 240 g/mol. The highest BCUT2D eigenvalue weighted by molar-refractivity contribution is 9.10. The Labute approximate surface area is 87.3 Å². The minimum absolute atomic E-state index is 0.380. The van der Waals surface area contributed by atoms with Gasteiger partial charge in [-0.05, 0) is 30.0 Å². The van der Waals surface area contributed by atoms with Crippen LogP contribution in [-0.4, -0.2) is 6.29 Å². The molecular weight excluding hydrogens is 228 g/mol. The van der Waals surface area contributed by atoms with E-state index in [2.05, 4.69) is 35.0 Å². The molecule has 1 aromatic carbocycles. The smallest absolute Gasteiger partial charge is 0.120 e. The highest BCUT2D eigenvalue weighted by atomic mass is 79.9. The second kappa shape index (κ2) is 5.18. The summed E-state index contributed by atoms with van der Waals surface area (Å²) < 4.78 is 1.08. The summed E-state index contributed by atoms with van der Waals surface area (Å²) in [5.41, 5.74) is 1.25. The summed E-state index contributed by atoms with van der Waals surface area (Å²) in [6, 6.07) is 8.18. The molecule has 13 heavy (non-hydrogen) atoms. The fourth-order valence-corrected chi connectivity index (χ4v) is 1.65. The molecule has 0 aromatic heterocycles. The average molecular weight is 241 g/mol. The van der Waals surface area contributed by atoms with Crippen molar-refractivity contribution in [1.82, 2.24) is 0 Å². The van der Waals surface area contributed by atoms with Gasteiger partial charge in [-0.3, -0.25) is 0 Å². The molecular formula is C11H13BrO. The third-order valence-corrected chi connectivity index (χ3v) is 2.74. The number of rotatable bonds is 4. The molecule has 0 radical (unpaired) electrons. The van der Waals surface area contributed by atoms with E-state index in [0.717, 1.165) is 17.2 Å². The van der Waals surface area contributed by atoms with Crippen LogP contribution in [0.1, 0.15) is 31.2 Å². The van der Waals surface area contributed by atoms with Crippen LogP contribution in [0.4, 0.5) is 0 Å². The first-order valence-corrected chi connectivity index (χ1v) is 5.26. The Hall–Kier alpha value is -0.630. The van der Waals surface area contributed by atoms with Crippen molar-refractivity contribution in [2.45, 2.75) is 25.7 Å². The van der Waals surface area contributed by atoms with Crippen molar-refractivity contribution in [2.24, 2.45) is 0 Å². The quantitative estimate of drug-likeness (QED) is 0.737. The Balaban J connectivity index is 2.78. The third-order valence-electron chi connectivity index (χ3n) is 2.21. The van der Waals surface area contributed by atoms with Gasteiger partial charge in [-0.1, -0.05) is 35.0 Å². The molecule has 0 aliphatic carbocycles. The van der Waals surface area contributed by atoms with E-state index in [-0.39, 0.29) is 0 Å². The van der Waals surface area contributed by atoms with Gasteiger partial charge in [0.2, 0.25) is 0 Å². The molecule has 2 heteroatoms. The summed E-state index contributed by atoms with van der Waals surface area (Å²) in [6.07, 6.45) is 2.63. The maximum absolute atomic E-state index is 10.4. The van der Waals surface area contributed by atoms with Crippen molar-refractivity contribution in [3.8, 4) is 0 Å². The zero-order valence-corrected chi connectivity index (χ0v) is 9.25. The van der Waals surface area contributed by atoms with Gasteiger partial charge >= 0.3 is 0 Å². The lowest BCUT2D eigenvalue weighted by molar-refractivity contribution is -0.108. The molecule has 0 fully saturated rings. The number of benzene rings is 1. The molecule has 0 saturated carbocycles. The lowest BCUT2D eigenvalue weighted by Crippen LogP contribution is -1.97. The molecule has 1 atom stereocenters. The maximum Gasteiger partial charge on any atom is 0.120 e. The second-order valence-corrected chi connectivity index (χ2v) is 3.97. The summed E-state index contributed by atoms with van der Waals surface area (Å²) in [7, 11) is 0. The van der Waals surface area contributed by atoms with Crippen LogP contribution in [0.2, 0.25) is 0 Å². The number of halogens is 1. The van der Waals surface area contributed by atoms with Crippen LogP contribution in [0.3, 0.4) is 0 Å². The SMILES string of the molecule is CC[C@@H](CC=O)c1ccc(Br)cc1. The standard InChI is InChI=1S/C11H13BrO/c1-2-9(7-8-13)10-3-5-11(12)6-4-10/h3-6,8-9H,2,7H2,1H3/t9-/m0/s1. The Morgan fingerprint density at radius 2 is 2.00 bits per heavy atom. The van der Waals surface area contributed by atoms with Gasteiger partial charge < -0.3 is 4.79 Å². The summed E-state index contributed by atoms with van der Waals surface area (Å²) >= 11 is 3.39. The molecule has 0 spiro atoms. The lowest BCUT2D eigenvalue weighted by Gasteiger charge is -2.11.